The highest BCUT2D eigenvalue weighted by Crippen LogP contribution is 2.31. The summed E-state index contributed by atoms with van der Waals surface area (Å²) in [6, 6.07) is 9.32. The fourth-order valence-electron chi connectivity index (χ4n) is 1.34. The maximum Gasteiger partial charge on any atom is 0.130 e. The second-order valence-corrected chi connectivity index (χ2v) is 4.23. The third-order valence-corrected chi connectivity index (χ3v) is 2.95. The molecule has 1 heterocycles. The zero-order valence-electron chi connectivity index (χ0n) is 8.67. The van der Waals surface area contributed by atoms with E-state index in [4.69, 9.17) is 23.2 Å². The van der Waals surface area contributed by atoms with Gasteiger partial charge in [-0.25, -0.2) is 4.98 Å². The minimum Gasteiger partial charge on any atom is -0.339 e. The molecule has 0 aliphatic carbocycles. The Morgan fingerprint density at radius 1 is 1.19 bits per heavy atom. The van der Waals surface area contributed by atoms with Gasteiger partial charge in [0.2, 0.25) is 0 Å². The van der Waals surface area contributed by atoms with Crippen molar-refractivity contribution >= 4 is 34.7 Å². The lowest BCUT2D eigenvalue weighted by Crippen LogP contribution is -1.94. The van der Waals surface area contributed by atoms with Crippen LogP contribution in [-0.4, -0.2) is 4.98 Å². The lowest BCUT2D eigenvalue weighted by molar-refractivity contribution is 1.27. The second-order valence-electron chi connectivity index (χ2n) is 3.44. The van der Waals surface area contributed by atoms with Gasteiger partial charge in [0.1, 0.15) is 5.82 Å². The van der Waals surface area contributed by atoms with Gasteiger partial charge in [0, 0.05) is 6.20 Å². The van der Waals surface area contributed by atoms with Crippen LogP contribution >= 0.6 is 23.2 Å². The van der Waals surface area contributed by atoms with Crippen molar-refractivity contribution in [2.24, 2.45) is 0 Å². The fourth-order valence-corrected chi connectivity index (χ4v) is 1.69. The van der Waals surface area contributed by atoms with Crippen molar-refractivity contribution in [3.63, 3.8) is 0 Å². The summed E-state index contributed by atoms with van der Waals surface area (Å²) in [5.41, 5.74) is 1.89. The Bertz CT molecular complexity index is 512. The lowest BCUT2D eigenvalue weighted by Gasteiger charge is -2.08. The molecule has 82 valence electrons. The smallest absolute Gasteiger partial charge is 0.130 e. The van der Waals surface area contributed by atoms with Crippen LogP contribution < -0.4 is 5.32 Å². The number of hydrogen-bond acceptors (Lipinski definition) is 2. The minimum atomic E-state index is 0.507. The Morgan fingerprint density at radius 3 is 2.75 bits per heavy atom. The first-order valence-electron chi connectivity index (χ1n) is 4.80. The summed E-state index contributed by atoms with van der Waals surface area (Å²) in [6.45, 7) is 2.01. The van der Waals surface area contributed by atoms with E-state index in [9.17, 15) is 0 Å². The summed E-state index contributed by atoms with van der Waals surface area (Å²) < 4.78 is 0. The number of aryl methyl sites for hydroxylation is 1. The van der Waals surface area contributed by atoms with Crippen LogP contribution in [0.15, 0.2) is 36.5 Å². The molecule has 1 aromatic carbocycles. The predicted octanol–water partition coefficient (Wildman–Crippen LogP) is 4.44. The van der Waals surface area contributed by atoms with Crippen LogP contribution in [0.2, 0.25) is 10.0 Å². The molecule has 0 unspecified atom stereocenters. The van der Waals surface area contributed by atoms with Gasteiger partial charge >= 0.3 is 0 Å². The van der Waals surface area contributed by atoms with Gasteiger partial charge in [0.05, 0.1) is 15.7 Å². The summed E-state index contributed by atoms with van der Waals surface area (Å²) in [6.07, 6.45) is 1.75. The van der Waals surface area contributed by atoms with E-state index in [0.29, 0.717) is 10.0 Å². The molecule has 2 aromatic rings. The molecule has 16 heavy (non-hydrogen) atoms. The first-order valence-corrected chi connectivity index (χ1v) is 5.56. The number of nitrogens with zero attached hydrogens (tertiary/aromatic N) is 1. The molecule has 0 aliphatic rings. The standard InChI is InChI=1S/C12H10Cl2N2/c1-8-5-6-15-11(7-8)16-10-4-2-3-9(13)12(10)14/h2-7H,1H3,(H,15,16). The molecule has 2 rings (SSSR count). The normalized spacial score (nSPS) is 10.2. The number of pyridine rings is 1. The maximum absolute atomic E-state index is 6.06. The molecule has 0 aliphatic heterocycles. The summed E-state index contributed by atoms with van der Waals surface area (Å²) in [5, 5.41) is 4.16. The molecule has 1 aromatic heterocycles. The van der Waals surface area contributed by atoms with Crippen LogP contribution in [0.4, 0.5) is 11.5 Å². The number of benzene rings is 1. The Morgan fingerprint density at radius 2 is 2.00 bits per heavy atom. The Labute approximate surface area is 104 Å². The van der Waals surface area contributed by atoms with Gasteiger partial charge in [-0.3, -0.25) is 0 Å². The number of rotatable bonds is 2. The van der Waals surface area contributed by atoms with Crippen molar-refractivity contribution in [1.82, 2.24) is 4.98 Å². The third-order valence-electron chi connectivity index (χ3n) is 2.13. The topological polar surface area (TPSA) is 24.9 Å². The highest BCUT2D eigenvalue weighted by molar-refractivity contribution is 6.43. The molecule has 0 saturated carbocycles. The van der Waals surface area contributed by atoms with Gasteiger partial charge in [-0.1, -0.05) is 29.3 Å². The Kier molecular flexibility index (Phi) is 3.32. The molecule has 4 heteroatoms. The SMILES string of the molecule is Cc1ccnc(Nc2cccc(Cl)c2Cl)c1. The van der Waals surface area contributed by atoms with E-state index < -0.39 is 0 Å². The average molecular weight is 253 g/mol. The molecule has 0 bridgehead atoms. The van der Waals surface area contributed by atoms with Gasteiger partial charge in [0.25, 0.3) is 0 Å². The average Bonchev–Trinajstić information content (AvgIpc) is 2.25. The molecule has 0 atom stereocenters. The number of hydrogen-bond donors (Lipinski definition) is 1. The predicted molar refractivity (Wildman–Crippen MR) is 68.7 cm³/mol. The van der Waals surface area contributed by atoms with E-state index in [0.717, 1.165) is 17.1 Å². The molecular formula is C12H10Cl2N2. The van der Waals surface area contributed by atoms with Crippen molar-refractivity contribution < 1.29 is 0 Å². The van der Waals surface area contributed by atoms with E-state index in [2.05, 4.69) is 10.3 Å². The molecule has 0 spiro atoms. The van der Waals surface area contributed by atoms with Gasteiger partial charge < -0.3 is 5.32 Å². The van der Waals surface area contributed by atoms with Crippen molar-refractivity contribution in [1.29, 1.82) is 0 Å². The van der Waals surface area contributed by atoms with Gasteiger partial charge in [-0.2, -0.15) is 0 Å². The fraction of sp³-hybridized carbons (Fsp3) is 0.0833. The zero-order valence-corrected chi connectivity index (χ0v) is 10.2. The van der Waals surface area contributed by atoms with Crippen LogP contribution in [0.25, 0.3) is 0 Å². The third kappa shape index (κ3) is 2.46. The quantitative estimate of drug-likeness (QED) is 0.855. The first kappa shape index (κ1) is 11.2. The molecule has 1 N–H and O–H groups in total. The zero-order chi connectivity index (χ0) is 11.5. The van der Waals surface area contributed by atoms with E-state index in [-0.39, 0.29) is 0 Å². The van der Waals surface area contributed by atoms with Crippen molar-refractivity contribution in [3.8, 4) is 0 Å². The van der Waals surface area contributed by atoms with Crippen molar-refractivity contribution in [2.75, 3.05) is 5.32 Å². The Balaban J connectivity index is 2.31. The van der Waals surface area contributed by atoms with Crippen molar-refractivity contribution in [2.45, 2.75) is 6.92 Å². The summed E-state index contributed by atoms with van der Waals surface area (Å²) in [5.74, 6) is 0.754. The maximum atomic E-state index is 6.06. The monoisotopic (exact) mass is 252 g/mol. The van der Waals surface area contributed by atoms with Crippen LogP contribution in [-0.2, 0) is 0 Å². The van der Waals surface area contributed by atoms with E-state index >= 15 is 0 Å². The largest absolute Gasteiger partial charge is 0.339 e. The van der Waals surface area contributed by atoms with E-state index in [1.807, 2.05) is 31.2 Å². The summed E-state index contributed by atoms with van der Waals surface area (Å²) in [4.78, 5) is 4.19. The number of anilines is 2. The van der Waals surface area contributed by atoms with Crippen LogP contribution in [0.3, 0.4) is 0 Å². The molecule has 0 amide bonds. The summed E-state index contributed by atoms with van der Waals surface area (Å²) in [7, 11) is 0. The number of nitrogens with one attached hydrogen (secondary N) is 1. The van der Waals surface area contributed by atoms with Gasteiger partial charge in [-0.15, -0.1) is 0 Å². The highest BCUT2D eigenvalue weighted by Gasteiger charge is 2.04. The molecule has 0 saturated heterocycles. The van der Waals surface area contributed by atoms with E-state index in [1.165, 1.54) is 0 Å². The van der Waals surface area contributed by atoms with Gasteiger partial charge in [0.15, 0.2) is 0 Å². The molecular weight excluding hydrogens is 243 g/mol. The Hall–Kier alpha value is -1.25. The lowest BCUT2D eigenvalue weighted by atomic mass is 10.3. The van der Waals surface area contributed by atoms with E-state index in [1.54, 1.807) is 12.3 Å². The van der Waals surface area contributed by atoms with Gasteiger partial charge in [-0.05, 0) is 36.8 Å². The number of halogens is 2. The molecule has 2 nitrogen and oxygen atoms in total. The van der Waals surface area contributed by atoms with Crippen LogP contribution in [0, 0.1) is 6.92 Å². The summed E-state index contributed by atoms with van der Waals surface area (Å²) >= 11 is 12.0. The highest BCUT2D eigenvalue weighted by atomic mass is 35.5. The van der Waals surface area contributed by atoms with Crippen molar-refractivity contribution in [3.05, 3.63) is 52.1 Å². The van der Waals surface area contributed by atoms with Crippen LogP contribution in [0.1, 0.15) is 5.56 Å². The molecule has 0 fully saturated rings. The molecule has 0 radical (unpaired) electrons. The second kappa shape index (κ2) is 4.73. The minimum absolute atomic E-state index is 0.507. The first-order chi connectivity index (χ1) is 7.66. The van der Waals surface area contributed by atoms with Crippen LogP contribution in [0.5, 0.6) is 0 Å². The number of aromatic nitrogens is 1.